The van der Waals surface area contributed by atoms with Crippen molar-refractivity contribution < 1.29 is 9.53 Å². The fourth-order valence-electron chi connectivity index (χ4n) is 5.14. The second-order valence-corrected chi connectivity index (χ2v) is 9.26. The minimum absolute atomic E-state index is 0.0236. The van der Waals surface area contributed by atoms with E-state index >= 15 is 0 Å². The molecular weight excluding hydrogens is 384 g/mol. The quantitative estimate of drug-likeness (QED) is 0.635. The van der Waals surface area contributed by atoms with Gasteiger partial charge in [0.25, 0.3) is 0 Å². The number of anilines is 2. The van der Waals surface area contributed by atoms with Gasteiger partial charge in [0.15, 0.2) is 5.82 Å². The molecule has 0 radical (unpaired) electrons. The van der Waals surface area contributed by atoms with Crippen molar-refractivity contribution >= 4 is 29.2 Å². The minimum atomic E-state index is -0.0236. The highest BCUT2D eigenvalue weighted by Gasteiger charge is 2.42. The molecule has 1 aliphatic carbocycles. The van der Waals surface area contributed by atoms with Crippen LogP contribution in [0.2, 0.25) is 0 Å². The normalized spacial score (nSPS) is 25.1. The van der Waals surface area contributed by atoms with Crippen LogP contribution in [0.15, 0.2) is 40.5 Å². The number of carbonyl (C=O) groups excluding carboxylic acids is 1. The number of nitrogens with zero attached hydrogens (tertiary/aromatic N) is 3. The third-order valence-electron chi connectivity index (χ3n) is 6.39. The molecule has 1 N–H and O–H groups in total. The van der Waals surface area contributed by atoms with E-state index in [4.69, 9.17) is 4.74 Å². The van der Waals surface area contributed by atoms with E-state index in [1.807, 2.05) is 6.92 Å². The largest absolute Gasteiger partial charge is 0.466 e. The summed E-state index contributed by atoms with van der Waals surface area (Å²) in [6.45, 7) is 5.47. The number of esters is 1. The molecule has 1 aromatic carbocycles. The van der Waals surface area contributed by atoms with E-state index in [1.54, 1.807) is 24.2 Å². The van der Waals surface area contributed by atoms with Gasteiger partial charge in [-0.05, 0) is 55.2 Å². The van der Waals surface area contributed by atoms with Crippen LogP contribution in [-0.2, 0) is 16.1 Å². The minimum Gasteiger partial charge on any atom is -0.466 e. The fraction of sp³-hybridized carbons (Fsp3) is 0.500. The molecule has 6 nitrogen and oxygen atoms in total. The number of likely N-dealkylation sites (tertiary alicyclic amines) is 1. The van der Waals surface area contributed by atoms with Gasteiger partial charge < -0.3 is 10.1 Å². The Balaban J connectivity index is 1.24. The molecule has 7 heteroatoms. The number of benzene rings is 1. The van der Waals surface area contributed by atoms with Gasteiger partial charge in [0, 0.05) is 43.3 Å². The highest BCUT2D eigenvalue weighted by Crippen LogP contribution is 2.45. The van der Waals surface area contributed by atoms with Crippen LogP contribution in [0.4, 0.5) is 11.5 Å². The molecule has 5 rings (SSSR count). The summed E-state index contributed by atoms with van der Waals surface area (Å²) >= 11 is 1.66. The third-order valence-corrected chi connectivity index (χ3v) is 7.45. The van der Waals surface area contributed by atoms with Crippen LogP contribution in [0.1, 0.15) is 31.7 Å². The van der Waals surface area contributed by atoms with Crippen LogP contribution >= 0.6 is 11.8 Å². The average molecular weight is 411 g/mol. The molecule has 2 aliphatic heterocycles. The Labute approximate surface area is 175 Å². The van der Waals surface area contributed by atoms with Crippen LogP contribution in [0.3, 0.4) is 0 Å². The topological polar surface area (TPSA) is 67.3 Å². The van der Waals surface area contributed by atoms with Crippen molar-refractivity contribution in [2.24, 2.45) is 17.8 Å². The predicted molar refractivity (Wildman–Crippen MR) is 112 cm³/mol. The second kappa shape index (κ2) is 7.95. The lowest BCUT2D eigenvalue weighted by molar-refractivity contribution is -0.145. The Morgan fingerprint density at radius 2 is 2.03 bits per heavy atom. The summed E-state index contributed by atoms with van der Waals surface area (Å²) in [4.78, 5) is 24.5. The Morgan fingerprint density at radius 3 is 2.83 bits per heavy atom. The van der Waals surface area contributed by atoms with Gasteiger partial charge in [0.2, 0.25) is 0 Å². The summed E-state index contributed by atoms with van der Waals surface area (Å²) in [6, 6.07) is 6.65. The van der Waals surface area contributed by atoms with Gasteiger partial charge >= 0.3 is 5.97 Å². The van der Waals surface area contributed by atoms with Gasteiger partial charge in [0.05, 0.1) is 12.3 Å². The number of rotatable bonds is 5. The van der Waals surface area contributed by atoms with Crippen LogP contribution in [0.5, 0.6) is 0 Å². The molecule has 2 atom stereocenters. The lowest BCUT2D eigenvalue weighted by Gasteiger charge is -2.37. The van der Waals surface area contributed by atoms with Gasteiger partial charge in [-0.15, -0.1) is 0 Å². The highest BCUT2D eigenvalue weighted by molar-refractivity contribution is 7.99. The zero-order valence-electron chi connectivity index (χ0n) is 16.6. The van der Waals surface area contributed by atoms with Crippen molar-refractivity contribution in [3.63, 3.8) is 0 Å². The third kappa shape index (κ3) is 3.85. The number of piperidine rings is 1. The molecule has 3 aliphatic rings. The van der Waals surface area contributed by atoms with E-state index in [2.05, 4.69) is 38.4 Å². The van der Waals surface area contributed by atoms with Crippen molar-refractivity contribution in [2.45, 2.75) is 42.7 Å². The van der Waals surface area contributed by atoms with E-state index in [0.29, 0.717) is 30.8 Å². The van der Waals surface area contributed by atoms with E-state index in [0.717, 1.165) is 36.2 Å². The standard InChI is InChI=1S/C22H26N4O2S/c1-2-28-20(27)10-17-15-4-5-16(17)13-26(12-15)11-14-3-6-19-18(9-14)25-21-22(29-19)24-8-7-23-21/h3,6-9,15-17H,2,4-5,10-13H2,1H3,(H,23,25). The average Bonchev–Trinajstić information content (AvgIpc) is 2.94. The van der Waals surface area contributed by atoms with Crippen molar-refractivity contribution in [3.8, 4) is 0 Å². The van der Waals surface area contributed by atoms with E-state index in [1.165, 1.54) is 23.3 Å². The Hall–Kier alpha value is -2.12. The molecule has 2 unspecified atom stereocenters. The maximum atomic E-state index is 12.0. The van der Waals surface area contributed by atoms with Crippen LogP contribution in [-0.4, -0.2) is 40.5 Å². The number of hydrogen-bond acceptors (Lipinski definition) is 7. The van der Waals surface area contributed by atoms with Gasteiger partial charge in [-0.3, -0.25) is 9.69 Å². The van der Waals surface area contributed by atoms with Crippen LogP contribution in [0, 0.1) is 17.8 Å². The first-order valence-corrected chi connectivity index (χ1v) is 11.3. The monoisotopic (exact) mass is 410 g/mol. The van der Waals surface area contributed by atoms with Crippen LogP contribution < -0.4 is 5.32 Å². The number of ether oxygens (including phenoxy) is 1. The van der Waals surface area contributed by atoms with Gasteiger partial charge in [-0.25, -0.2) is 9.97 Å². The first kappa shape index (κ1) is 18.9. The van der Waals surface area contributed by atoms with Gasteiger partial charge in [-0.1, -0.05) is 17.8 Å². The summed E-state index contributed by atoms with van der Waals surface area (Å²) < 4.78 is 5.20. The Bertz CT molecular complexity index is 907. The molecule has 29 heavy (non-hydrogen) atoms. The number of fused-ring (bicyclic) bond motifs is 4. The summed E-state index contributed by atoms with van der Waals surface area (Å²) in [6.07, 6.45) is 6.52. The van der Waals surface area contributed by atoms with E-state index in [9.17, 15) is 4.79 Å². The smallest absolute Gasteiger partial charge is 0.306 e. The molecular formula is C22H26N4O2S. The molecule has 0 amide bonds. The SMILES string of the molecule is CCOC(=O)CC1C2CCC1CN(Cc1ccc3c(c1)Nc1nccnc1S3)C2. The molecule has 1 saturated carbocycles. The Morgan fingerprint density at radius 1 is 1.24 bits per heavy atom. The van der Waals surface area contributed by atoms with Crippen LogP contribution in [0.25, 0.3) is 0 Å². The molecule has 2 bridgehead atoms. The predicted octanol–water partition coefficient (Wildman–Crippen LogP) is 4.10. The van der Waals surface area contributed by atoms with Crippen molar-refractivity contribution in [1.82, 2.24) is 14.9 Å². The van der Waals surface area contributed by atoms with Gasteiger partial charge in [0.1, 0.15) is 5.03 Å². The lowest BCUT2D eigenvalue weighted by Crippen LogP contribution is -2.42. The number of carbonyl (C=O) groups is 1. The maximum Gasteiger partial charge on any atom is 0.306 e. The second-order valence-electron chi connectivity index (χ2n) is 8.23. The fourth-order valence-corrected chi connectivity index (χ4v) is 6.02. The first-order chi connectivity index (χ1) is 14.2. The van der Waals surface area contributed by atoms with Crippen molar-refractivity contribution in [3.05, 3.63) is 36.2 Å². The molecule has 2 aromatic rings. The summed E-state index contributed by atoms with van der Waals surface area (Å²) in [7, 11) is 0. The first-order valence-electron chi connectivity index (χ1n) is 10.5. The van der Waals surface area contributed by atoms with Gasteiger partial charge in [-0.2, -0.15) is 0 Å². The zero-order valence-corrected chi connectivity index (χ0v) is 17.5. The molecule has 1 saturated heterocycles. The van der Waals surface area contributed by atoms with E-state index < -0.39 is 0 Å². The van der Waals surface area contributed by atoms with Crippen molar-refractivity contribution in [2.75, 3.05) is 25.0 Å². The summed E-state index contributed by atoms with van der Waals surface area (Å²) in [5.74, 6) is 2.55. The Kier molecular flexibility index (Phi) is 5.18. The van der Waals surface area contributed by atoms with E-state index in [-0.39, 0.29) is 5.97 Å². The summed E-state index contributed by atoms with van der Waals surface area (Å²) in [5.41, 5.74) is 2.42. The number of hydrogen-bond donors (Lipinski definition) is 1. The maximum absolute atomic E-state index is 12.0. The lowest BCUT2D eigenvalue weighted by atomic mass is 9.82. The summed E-state index contributed by atoms with van der Waals surface area (Å²) in [5, 5.41) is 4.35. The molecule has 152 valence electrons. The highest BCUT2D eigenvalue weighted by atomic mass is 32.2. The molecule has 3 heterocycles. The molecule has 0 spiro atoms. The molecule has 1 aromatic heterocycles. The number of nitrogens with one attached hydrogen (secondary N) is 1. The molecule has 2 fully saturated rings. The number of aromatic nitrogens is 2. The van der Waals surface area contributed by atoms with Crippen molar-refractivity contribution in [1.29, 1.82) is 0 Å². The zero-order chi connectivity index (χ0) is 19.8.